The second-order valence-electron chi connectivity index (χ2n) is 11.0. The van der Waals surface area contributed by atoms with Crippen LogP contribution in [0.4, 0.5) is 0 Å². The number of halogens is 1. The molecule has 6 rings (SSSR count). The molecule has 4 atom stereocenters. The van der Waals surface area contributed by atoms with Crippen molar-refractivity contribution in [3.05, 3.63) is 51.0 Å². The van der Waals surface area contributed by atoms with E-state index in [1.807, 2.05) is 6.08 Å². The van der Waals surface area contributed by atoms with Crippen molar-refractivity contribution in [2.75, 3.05) is 14.2 Å². The molecule has 1 aromatic rings. The number of fused-ring (bicyclic) bond motifs is 3. The summed E-state index contributed by atoms with van der Waals surface area (Å²) in [5, 5.41) is 10.5. The molecule has 1 aliphatic heterocycles. The largest absolute Gasteiger partial charge is 0.502 e. The zero-order chi connectivity index (χ0) is 27.6. The lowest BCUT2D eigenvalue weighted by atomic mass is 9.59. The topological polar surface area (TPSA) is 110 Å². The number of ketones is 2. The van der Waals surface area contributed by atoms with E-state index in [0.717, 1.165) is 37.7 Å². The predicted molar refractivity (Wildman–Crippen MR) is 145 cm³/mol. The second kappa shape index (κ2) is 9.77. The van der Waals surface area contributed by atoms with Crippen LogP contribution in [-0.4, -0.2) is 53.6 Å². The summed E-state index contributed by atoms with van der Waals surface area (Å²) in [7, 11) is 2.85. The van der Waals surface area contributed by atoms with Crippen LogP contribution in [0.1, 0.15) is 56.4 Å². The maximum Gasteiger partial charge on any atom is 0.233 e. The number of ether oxygens (including phenoxy) is 2. The molecule has 2 fully saturated rings. The highest BCUT2D eigenvalue weighted by Gasteiger charge is 2.57. The number of methoxy groups -OCH3 is 2. The highest BCUT2D eigenvalue weighted by atomic mass is 79.9. The van der Waals surface area contributed by atoms with Gasteiger partial charge in [-0.15, -0.1) is 0 Å². The zero-order valence-corrected chi connectivity index (χ0v) is 23.5. The van der Waals surface area contributed by atoms with Gasteiger partial charge in [0.05, 0.1) is 30.5 Å². The summed E-state index contributed by atoms with van der Waals surface area (Å²) >= 11 is 3.25. The van der Waals surface area contributed by atoms with Gasteiger partial charge in [0, 0.05) is 29.2 Å². The highest BCUT2D eigenvalue weighted by molar-refractivity contribution is 9.12. The Labute approximate surface area is 234 Å². The van der Waals surface area contributed by atoms with Gasteiger partial charge in [-0.1, -0.05) is 30.9 Å². The lowest BCUT2D eigenvalue weighted by Crippen LogP contribution is -2.43. The van der Waals surface area contributed by atoms with Crippen LogP contribution in [0.5, 0.6) is 17.2 Å². The third-order valence-corrected chi connectivity index (χ3v) is 9.73. The average molecular weight is 596 g/mol. The Morgan fingerprint density at radius 1 is 0.949 bits per heavy atom. The van der Waals surface area contributed by atoms with E-state index in [2.05, 4.69) is 15.9 Å². The van der Waals surface area contributed by atoms with E-state index in [0.29, 0.717) is 23.1 Å². The van der Waals surface area contributed by atoms with E-state index in [-0.39, 0.29) is 57.6 Å². The maximum absolute atomic E-state index is 14.0. The van der Waals surface area contributed by atoms with E-state index in [1.165, 1.54) is 25.2 Å². The van der Waals surface area contributed by atoms with Crippen molar-refractivity contribution in [1.82, 2.24) is 4.90 Å². The fourth-order valence-electron chi connectivity index (χ4n) is 7.39. The number of aromatic hydroxyl groups is 1. The first-order valence-corrected chi connectivity index (χ1v) is 14.3. The summed E-state index contributed by atoms with van der Waals surface area (Å²) in [6.45, 7) is 0. The zero-order valence-electron chi connectivity index (χ0n) is 21.9. The molecule has 0 spiro atoms. The Morgan fingerprint density at radius 2 is 1.62 bits per heavy atom. The average Bonchev–Trinajstić information content (AvgIpc) is 3.20. The normalized spacial score (nSPS) is 29.1. The Balaban J connectivity index is 1.49. The third kappa shape index (κ3) is 3.91. The first-order valence-electron chi connectivity index (χ1n) is 13.5. The molecular weight excluding hydrogens is 566 g/mol. The number of phenols is 1. The lowest BCUT2D eigenvalue weighted by Gasteiger charge is -2.42. The van der Waals surface area contributed by atoms with Crippen molar-refractivity contribution in [1.29, 1.82) is 0 Å². The number of phenolic OH excluding ortho intramolecular Hbond substituents is 1. The Hall–Kier alpha value is -3.20. The highest BCUT2D eigenvalue weighted by Crippen LogP contribution is 2.56. The number of Topliss-reactive ketones (excluding diaryl/α,β-unsaturated/α-hetero) is 1. The molecule has 0 radical (unpaired) electrons. The number of allylic oxidation sites excluding steroid dienone is 6. The van der Waals surface area contributed by atoms with Crippen LogP contribution in [0.2, 0.25) is 0 Å². The number of amides is 2. The van der Waals surface area contributed by atoms with Crippen molar-refractivity contribution in [3.63, 3.8) is 0 Å². The minimum absolute atomic E-state index is 0.0671. The van der Waals surface area contributed by atoms with E-state index < -0.39 is 23.7 Å². The van der Waals surface area contributed by atoms with Crippen LogP contribution in [0.25, 0.3) is 0 Å². The van der Waals surface area contributed by atoms with Gasteiger partial charge in [-0.2, -0.15) is 0 Å². The van der Waals surface area contributed by atoms with Crippen molar-refractivity contribution < 1.29 is 33.8 Å². The number of likely N-dealkylation sites (tertiary alicyclic amines) is 1. The smallest absolute Gasteiger partial charge is 0.233 e. The summed E-state index contributed by atoms with van der Waals surface area (Å²) in [4.78, 5) is 56.0. The van der Waals surface area contributed by atoms with Crippen LogP contribution < -0.4 is 9.47 Å². The van der Waals surface area contributed by atoms with E-state index in [1.54, 1.807) is 12.1 Å². The standard InChI is InChI=1S/C30H30BrNO7/c1-38-22-10-14(11-23(39-2)28(22)35)24-16-8-9-17-25(30(37)32(29(17)36)15-6-4-3-5-7-15)18(16)12-19-26(24)21(33)13-20(31)27(19)34/h8,10-11,13,15,17-18,24-25,35H,3-7,9,12H2,1-2H3. The van der Waals surface area contributed by atoms with Crippen LogP contribution in [-0.2, 0) is 19.2 Å². The Bertz CT molecular complexity index is 1370. The van der Waals surface area contributed by atoms with Gasteiger partial charge in [0.2, 0.25) is 17.6 Å². The van der Waals surface area contributed by atoms with Crippen molar-refractivity contribution in [2.24, 2.45) is 17.8 Å². The summed E-state index contributed by atoms with van der Waals surface area (Å²) < 4.78 is 11.0. The van der Waals surface area contributed by atoms with Crippen molar-refractivity contribution >= 4 is 39.3 Å². The first kappa shape index (κ1) is 26.0. The summed E-state index contributed by atoms with van der Waals surface area (Å²) in [5.74, 6) is -2.75. The molecule has 8 nitrogen and oxygen atoms in total. The molecule has 204 valence electrons. The Kier molecular flexibility index (Phi) is 6.52. The molecule has 5 aliphatic rings. The molecule has 1 saturated heterocycles. The Morgan fingerprint density at radius 3 is 2.26 bits per heavy atom. The number of hydrogen-bond donors (Lipinski definition) is 1. The molecule has 1 aromatic carbocycles. The SMILES string of the molecule is COc1cc(C2C3=CCC4C(=O)N(C5CCCCC5)C(=O)C4C3CC3=C2C(=O)C=C(Br)C3=O)cc(OC)c1O. The number of rotatable bonds is 4. The summed E-state index contributed by atoms with van der Waals surface area (Å²) in [6.07, 6.45) is 8.69. The molecule has 1 N–H and O–H groups in total. The number of hydrogen-bond acceptors (Lipinski definition) is 7. The first-order chi connectivity index (χ1) is 18.8. The molecule has 9 heteroatoms. The molecule has 39 heavy (non-hydrogen) atoms. The van der Waals surface area contributed by atoms with Gasteiger partial charge in [0.15, 0.2) is 23.1 Å². The minimum atomic E-state index is -0.650. The van der Waals surface area contributed by atoms with Crippen LogP contribution in [0.15, 0.2) is 45.5 Å². The van der Waals surface area contributed by atoms with E-state index in [9.17, 15) is 24.3 Å². The number of benzene rings is 1. The van der Waals surface area contributed by atoms with E-state index >= 15 is 0 Å². The quantitative estimate of drug-likeness (QED) is 0.310. The van der Waals surface area contributed by atoms with Gasteiger partial charge in [-0.3, -0.25) is 24.1 Å². The second-order valence-corrected chi connectivity index (χ2v) is 11.9. The number of carbonyl (C=O) groups excluding carboxylic acids is 4. The number of nitrogens with zero attached hydrogens (tertiary/aromatic N) is 1. The summed E-state index contributed by atoms with van der Waals surface area (Å²) in [6, 6.07) is 3.22. The van der Waals surface area contributed by atoms with Crippen molar-refractivity contribution in [3.8, 4) is 17.2 Å². The van der Waals surface area contributed by atoms with Gasteiger partial charge in [0.1, 0.15) is 0 Å². The van der Waals surface area contributed by atoms with Gasteiger partial charge in [-0.25, -0.2) is 0 Å². The molecule has 4 aliphatic carbocycles. The van der Waals surface area contributed by atoms with Gasteiger partial charge >= 0.3 is 0 Å². The minimum Gasteiger partial charge on any atom is -0.502 e. The summed E-state index contributed by atoms with van der Waals surface area (Å²) in [5.41, 5.74) is 2.19. The van der Waals surface area contributed by atoms with Crippen LogP contribution in [0, 0.1) is 17.8 Å². The lowest BCUT2D eigenvalue weighted by molar-refractivity contribution is -0.143. The monoisotopic (exact) mass is 595 g/mol. The van der Waals surface area contributed by atoms with Gasteiger partial charge in [-0.05, 0) is 65.2 Å². The molecule has 0 bridgehead atoms. The molecule has 1 heterocycles. The fourth-order valence-corrected chi connectivity index (χ4v) is 7.84. The molecule has 4 unspecified atom stereocenters. The van der Waals surface area contributed by atoms with Gasteiger partial charge in [0.25, 0.3) is 0 Å². The molecule has 0 aromatic heterocycles. The third-order valence-electron chi connectivity index (χ3n) is 9.14. The molecule has 1 saturated carbocycles. The van der Waals surface area contributed by atoms with Crippen molar-refractivity contribution in [2.45, 2.75) is 56.9 Å². The maximum atomic E-state index is 14.0. The number of carbonyl (C=O) groups is 4. The molecular formula is C30H30BrNO7. The van der Waals surface area contributed by atoms with E-state index in [4.69, 9.17) is 9.47 Å². The van der Waals surface area contributed by atoms with Crippen LogP contribution in [0.3, 0.4) is 0 Å². The van der Waals surface area contributed by atoms with Gasteiger partial charge < -0.3 is 14.6 Å². The fraction of sp³-hybridized carbons (Fsp3) is 0.467. The number of imide groups is 1. The van der Waals surface area contributed by atoms with Crippen LogP contribution >= 0.6 is 15.9 Å². The molecule has 2 amide bonds. The predicted octanol–water partition coefficient (Wildman–Crippen LogP) is 4.50.